The molecule has 1 aliphatic carbocycles. The Morgan fingerprint density at radius 1 is 1.36 bits per heavy atom. The van der Waals surface area contributed by atoms with Crippen molar-refractivity contribution in [3.63, 3.8) is 0 Å². The molecule has 0 unspecified atom stereocenters. The van der Waals surface area contributed by atoms with Gasteiger partial charge in [0.25, 0.3) is 0 Å². The van der Waals surface area contributed by atoms with Gasteiger partial charge in [-0.05, 0) is 30.8 Å². The number of hydrogen-bond acceptors (Lipinski definition) is 0. The van der Waals surface area contributed by atoms with E-state index in [4.69, 9.17) is 0 Å². The molecule has 0 nitrogen and oxygen atoms in total. The summed E-state index contributed by atoms with van der Waals surface area (Å²) in [6.07, 6.45) is 12.9. The number of allylic oxidation sites excluding steroid dienone is 7. The summed E-state index contributed by atoms with van der Waals surface area (Å²) < 4.78 is 0. The van der Waals surface area contributed by atoms with Crippen LogP contribution in [-0.4, -0.2) is 0 Å². The highest BCUT2D eigenvalue weighted by Gasteiger charge is 2.23. The van der Waals surface area contributed by atoms with Gasteiger partial charge in [-0.15, -0.1) is 0 Å². The van der Waals surface area contributed by atoms with Crippen molar-refractivity contribution in [3.8, 4) is 0 Å². The van der Waals surface area contributed by atoms with E-state index >= 15 is 0 Å². The van der Waals surface area contributed by atoms with Crippen LogP contribution in [0, 0.1) is 5.41 Å². The molecular weight excluding hydrogens is 168 g/mol. The van der Waals surface area contributed by atoms with Gasteiger partial charge in [0.2, 0.25) is 0 Å². The van der Waals surface area contributed by atoms with Crippen LogP contribution in [0.5, 0.6) is 0 Å². The minimum absolute atomic E-state index is 0.400. The monoisotopic (exact) mass is 188 g/mol. The van der Waals surface area contributed by atoms with Crippen LogP contribution in [0.15, 0.2) is 48.1 Å². The minimum Gasteiger partial charge on any atom is -0.0991 e. The van der Waals surface area contributed by atoms with Crippen molar-refractivity contribution >= 4 is 0 Å². The molecule has 76 valence electrons. The molecule has 0 N–H and O–H groups in total. The van der Waals surface area contributed by atoms with E-state index in [0.717, 1.165) is 6.42 Å². The standard InChI is InChI=1S/C14H20/c1-5-7-8-13-9-12(6-2)10-14(3,4)11-13/h5-9H,1,10-11H2,2-4H3/b8-7+,12-6-. The van der Waals surface area contributed by atoms with Gasteiger partial charge in [-0.3, -0.25) is 0 Å². The van der Waals surface area contributed by atoms with E-state index in [-0.39, 0.29) is 0 Å². The summed E-state index contributed by atoms with van der Waals surface area (Å²) in [5.41, 5.74) is 3.26. The van der Waals surface area contributed by atoms with Crippen molar-refractivity contribution in [2.24, 2.45) is 5.41 Å². The third kappa shape index (κ3) is 3.02. The van der Waals surface area contributed by atoms with E-state index < -0.39 is 0 Å². The molecule has 0 bridgehead atoms. The van der Waals surface area contributed by atoms with E-state index in [1.54, 1.807) is 0 Å². The Balaban J connectivity index is 2.90. The van der Waals surface area contributed by atoms with E-state index in [1.807, 2.05) is 12.2 Å². The van der Waals surface area contributed by atoms with Crippen molar-refractivity contribution in [1.29, 1.82) is 0 Å². The SMILES string of the molecule is C=C/C=C/C1=CC(=C/C)/CC(C)(C)C1. The van der Waals surface area contributed by atoms with Gasteiger partial charge < -0.3 is 0 Å². The first-order chi connectivity index (χ1) is 6.57. The van der Waals surface area contributed by atoms with Crippen LogP contribution < -0.4 is 0 Å². The van der Waals surface area contributed by atoms with Crippen molar-refractivity contribution in [3.05, 3.63) is 48.1 Å². The lowest BCUT2D eigenvalue weighted by Crippen LogP contribution is -2.16. The van der Waals surface area contributed by atoms with Crippen molar-refractivity contribution in [1.82, 2.24) is 0 Å². The van der Waals surface area contributed by atoms with Gasteiger partial charge in [-0.1, -0.05) is 56.4 Å². The Labute approximate surface area is 87.7 Å². The molecule has 0 heterocycles. The zero-order valence-electron chi connectivity index (χ0n) is 9.51. The molecule has 0 fully saturated rings. The normalized spacial score (nSPS) is 23.9. The molecule has 0 aromatic rings. The molecule has 0 amide bonds. The minimum atomic E-state index is 0.400. The smallest absolute Gasteiger partial charge is 0.0224 e. The van der Waals surface area contributed by atoms with Gasteiger partial charge in [0.05, 0.1) is 0 Å². The fraction of sp³-hybridized carbons (Fsp3) is 0.429. The van der Waals surface area contributed by atoms with E-state index in [2.05, 4.69) is 45.6 Å². The fourth-order valence-corrected chi connectivity index (χ4v) is 1.99. The summed E-state index contributed by atoms with van der Waals surface area (Å²) in [4.78, 5) is 0. The first-order valence-electron chi connectivity index (χ1n) is 5.22. The Bertz CT molecular complexity index is 298. The average Bonchev–Trinajstić information content (AvgIpc) is 2.12. The van der Waals surface area contributed by atoms with Gasteiger partial charge >= 0.3 is 0 Å². The molecule has 0 aromatic heterocycles. The van der Waals surface area contributed by atoms with Crippen molar-refractivity contribution in [2.45, 2.75) is 33.6 Å². The van der Waals surface area contributed by atoms with Gasteiger partial charge in [-0.25, -0.2) is 0 Å². The third-order valence-electron chi connectivity index (χ3n) is 2.55. The summed E-state index contributed by atoms with van der Waals surface area (Å²) >= 11 is 0. The molecule has 0 spiro atoms. The van der Waals surface area contributed by atoms with Crippen LogP contribution in [0.25, 0.3) is 0 Å². The molecule has 1 aliphatic rings. The highest BCUT2D eigenvalue weighted by molar-refractivity contribution is 5.35. The Kier molecular flexibility index (Phi) is 3.51. The Hall–Kier alpha value is -1.04. The predicted molar refractivity (Wildman–Crippen MR) is 64.2 cm³/mol. The molecule has 0 atom stereocenters. The number of rotatable bonds is 2. The average molecular weight is 188 g/mol. The quantitative estimate of drug-likeness (QED) is 0.563. The second-order valence-electron chi connectivity index (χ2n) is 4.70. The van der Waals surface area contributed by atoms with Crippen molar-refractivity contribution < 1.29 is 0 Å². The van der Waals surface area contributed by atoms with E-state index in [0.29, 0.717) is 5.41 Å². The van der Waals surface area contributed by atoms with Crippen LogP contribution in [0.4, 0.5) is 0 Å². The zero-order chi connectivity index (χ0) is 10.6. The number of hydrogen-bond donors (Lipinski definition) is 0. The Morgan fingerprint density at radius 2 is 2.07 bits per heavy atom. The molecule has 1 rings (SSSR count). The maximum absolute atomic E-state index is 3.69. The molecule has 0 saturated carbocycles. The summed E-state index contributed by atoms with van der Waals surface area (Å²) in [7, 11) is 0. The molecule has 0 saturated heterocycles. The lowest BCUT2D eigenvalue weighted by molar-refractivity contribution is 0.355. The van der Waals surface area contributed by atoms with E-state index in [9.17, 15) is 0 Å². The second kappa shape index (κ2) is 4.45. The van der Waals surface area contributed by atoms with Gasteiger partial charge in [-0.2, -0.15) is 0 Å². The zero-order valence-corrected chi connectivity index (χ0v) is 9.51. The van der Waals surface area contributed by atoms with Crippen LogP contribution in [0.2, 0.25) is 0 Å². The highest BCUT2D eigenvalue weighted by Crippen LogP contribution is 2.38. The molecule has 14 heavy (non-hydrogen) atoms. The maximum Gasteiger partial charge on any atom is -0.0224 e. The summed E-state index contributed by atoms with van der Waals surface area (Å²) in [5, 5.41) is 0. The second-order valence-corrected chi connectivity index (χ2v) is 4.70. The van der Waals surface area contributed by atoms with Crippen LogP contribution in [0.1, 0.15) is 33.6 Å². The largest absolute Gasteiger partial charge is 0.0991 e. The maximum atomic E-state index is 3.69. The van der Waals surface area contributed by atoms with E-state index in [1.165, 1.54) is 17.6 Å². The highest BCUT2D eigenvalue weighted by atomic mass is 14.3. The topological polar surface area (TPSA) is 0 Å². The fourth-order valence-electron chi connectivity index (χ4n) is 1.99. The van der Waals surface area contributed by atoms with Gasteiger partial charge in [0.1, 0.15) is 0 Å². The molecule has 0 aliphatic heterocycles. The molecule has 0 aromatic carbocycles. The third-order valence-corrected chi connectivity index (χ3v) is 2.55. The molecular formula is C14H20. The van der Waals surface area contributed by atoms with Crippen molar-refractivity contribution in [2.75, 3.05) is 0 Å². The lowest BCUT2D eigenvalue weighted by atomic mass is 9.75. The predicted octanol–water partition coefficient (Wildman–Crippen LogP) is 4.42. The molecule has 0 heteroatoms. The van der Waals surface area contributed by atoms with Crippen LogP contribution >= 0.6 is 0 Å². The van der Waals surface area contributed by atoms with Crippen LogP contribution in [0.3, 0.4) is 0 Å². The first-order valence-corrected chi connectivity index (χ1v) is 5.22. The first kappa shape index (κ1) is 11.0. The van der Waals surface area contributed by atoms with Gasteiger partial charge in [0, 0.05) is 0 Å². The van der Waals surface area contributed by atoms with Crippen LogP contribution in [-0.2, 0) is 0 Å². The summed E-state index contributed by atoms with van der Waals surface area (Å²) in [6.45, 7) is 10.5. The molecule has 0 radical (unpaired) electrons. The lowest BCUT2D eigenvalue weighted by Gasteiger charge is -2.30. The summed E-state index contributed by atoms with van der Waals surface area (Å²) in [5.74, 6) is 0. The van der Waals surface area contributed by atoms with Gasteiger partial charge in [0.15, 0.2) is 0 Å². The Morgan fingerprint density at radius 3 is 2.64 bits per heavy atom. The summed E-state index contributed by atoms with van der Waals surface area (Å²) in [6, 6.07) is 0.